The quantitative estimate of drug-likeness (QED) is 0.823. The van der Waals surface area contributed by atoms with Gasteiger partial charge in [0, 0.05) is 31.5 Å². The van der Waals surface area contributed by atoms with Crippen molar-refractivity contribution in [1.82, 2.24) is 4.90 Å². The van der Waals surface area contributed by atoms with Gasteiger partial charge in [-0.1, -0.05) is 12.1 Å². The molecule has 1 aromatic rings. The summed E-state index contributed by atoms with van der Waals surface area (Å²) in [5, 5.41) is 0. The van der Waals surface area contributed by atoms with E-state index in [1.165, 1.54) is 5.56 Å². The van der Waals surface area contributed by atoms with E-state index in [9.17, 15) is 13.2 Å². The molecule has 0 bridgehead atoms. The number of carbonyl (C=O) groups excluding carboxylic acids is 1. The number of benzene rings is 1. The number of sulfone groups is 1. The third-order valence-corrected chi connectivity index (χ3v) is 4.29. The van der Waals surface area contributed by atoms with E-state index >= 15 is 0 Å². The Morgan fingerprint density at radius 2 is 2.16 bits per heavy atom. The second kappa shape index (κ2) is 5.21. The SMILES string of the molecule is CS(=O)(=O)CCC(=O)N1CCc2cccc(N)c2C1. The Morgan fingerprint density at radius 3 is 2.84 bits per heavy atom. The summed E-state index contributed by atoms with van der Waals surface area (Å²) >= 11 is 0. The van der Waals surface area contributed by atoms with Crippen molar-refractivity contribution in [3.8, 4) is 0 Å². The van der Waals surface area contributed by atoms with Crippen LogP contribution in [0.1, 0.15) is 17.5 Å². The van der Waals surface area contributed by atoms with Gasteiger partial charge in [-0.15, -0.1) is 0 Å². The molecule has 1 aromatic carbocycles. The fraction of sp³-hybridized carbons (Fsp3) is 0.462. The Bertz CT molecular complexity index is 596. The molecule has 1 heterocycles. The van der Waals surface area contributed by atoms with Gasteiger partial charge in [0.2, 0.25) is 5.91 Å². The number of rotatable bonds is 3. The predicted molar refractivity (Wildman–Crippen MR) is 74.3 cm³/mol. The Hall–Kier alpha value is -1.56. The lowest BCUT2D eigenvalue weighted by atomic mass is 9.98. The summed E-state index contributed by atoms with van der Waals surface area (Å²) in [6, 6.07) is 5.75. The molecular weight excluding hydrogens is 264 g/mol. The summed E-state index contributed by atoms with van der Waals surface area (Å²) in [7, 11) is -3.10. The fourth-order valence-corrected chi connectivity index (χ4v) is 2.80. The van der Waals surface area contributed by atoms with Crippen LogP contribution in [0, 0.1) is 0 Å². The van der Waals surface area contributed by atoms with Gasteiger partial charge in [0.25, 0.3) is 0 Å². The summed E-state index contributed by atoms with van der Waals surface area (Å²) in [4.78, 5) is 13.7. The minimum Gasteiger partial charge on any atom is -0.398 e. The molecule has 6 heteroatoms. The molecule has 0 fully saturated rings. The van der Waals surface area contributed by atoms with Crippen LogP contribution in [0.15, 0.2) is 18.2 Å². The normalized spacial score (nSPS) is 15.1. The Kier molecular flexibility index (Phi) is 3.80. The van der Waals surface area contributed by atoms with E-state index in [1.807, 2.05) is 18.2 Å². The highest BCUT2D eigenvalue weighted by molar-refractivity contribution is 7.90. The van der Waals surface area contributed by atoms with E-state index in [0.717, 1.165) is 18.2 Å². The molecular formula is C13H18N2O3S. The maximum atomic E-state index is 12.0. The first-order valence-corrected chi connectivity index (χ1v) is 8.24. The molecule has 2 rings (SSSR count). The molecule has 104 valence electrons. The molecule has 1 amide bonds. The Balaban J connectivity index is 2.05. The van der Waals surface area contributed by atoms with E-state index in [1.54, 1.807) is 4.90 Å². The monoisotopic (exact) mass is 282 g/mol. The average molecular weight is 282 g/mol. The molecule has 0 saturated carbocycles. The second-order valence-electron chi connectivity index (χ2n) is 4.93. The number of carbonyl (C=O) groups is 1. The van der Waals surface area contributed by atoms with Crippen molar-refractivity contribution >= 4 is 21.4 Å². The third-order valence-electron chi connectivity index (χ3n) is 3.35. The molecule has 19 heavy (non-hydrogen) atoms. The van der Waals surface area contributed by atoms with Crippen LogP contribution in [-0.2, 0) is 27.6 Å². The summed E-state index contributed by atoms with van der Waals surface area (Å²) in [6.45, 7) is 1.10. The zero-order valence-electron chi connectivity index (χ0n) is 10.9. The van der Waals surface area contributed by atoms with E-state index in [-0.39, 0.29) is 18.1 Å². The largest absolute Gasteiger partial charge is 0.398 e. The molecule has 1 aliphatic heterocycles. The molecule has 0 atom stereocenters. The van der Waals surface area contributed by atoms with Gasteiger partial charge in [0.15, 0.2) is 0 Å². The maximum absolute atomic E-state index is 12.0. The predicted octanol–water partition coefficient (Wildman–Crippen LogP) is 0.588. The van der Waals surface area contributed by atoms with E-state index in [4.69, 9.17) is 5.73 Å². The van der Waals surface area contributed by atoms with E-state index in [0.29, 0.717) is 18.8 Å². The van der Waals surface area contributed by atoms with Gasteiger partial charge in [0.05, 0.1) is 5.75 Å². The highest BCUT2D eigenvalue weighted by Gasteiger charge is 2.22. The van der Waals surface area contributed by atoms with Crippen molar-refractivity contribution in [3.63, 3.8) is 0 Å². The summed E-state index contributed by atoms with van der Waals surface area (Å²) in [5.41, 5.74) is 8.77. The molecule has 0 aliphatic carbocycles. The number of fused-ring (bicyclic) bond motifs is 1. The first-order chi connectivity index (χ1) is 8.87. The lowest BCUT2D eigenvalue weighted by Gasteiger charge is -2.29. The standard InChI is InChI=1S/C13H18N2O3S/c1-19(17,18)8-6-13(16)15-7-5-10-3-2-4-12(14)11(10)9-15/h2-4H,5-9,14H2,1H3. The highest BCUT2D eigenvalue weighted by atomic mass is 32.2. The van der Waals surface area contributed by atoms with Crippen LogP contribution >= 0.6 is 0 Å². The van der Waals surface area contributed by atoms with Crippen LogP contribution in [0.4, 0.5) is 5.69 Å². The molecule has 0 unspecified atom stereocenters. The van der Waals surface area contributed by atoms with Crippen LogP contribution in [0.2, 0.25) is 0 Å². The number of nitrogens with zero attached hydrogens (tertiary/aromatic N) is 1. The number of amides is 1. The molecule has 1 aliphatic rings. The zero-order chi connectivity index (χ0) is 14.0. The van der Waals surface area contributed by atoms with Crippen molar-refractivity contribution in [2.45, 2.75) is 19.4 Å². The number of nitrogen functional groups attached to an aromatic ring is 1. The average Bonchev–Trinajstić information content (AvgIpc) is 2.35. The number of hydrogen-bond donors (Lipinski definition) is 1. The van der Waals surface area contributed by atoms with Crippen molar-refractivity contribution in [3.05, 3.63) is 29.3 Å². The van der Waals surface area contributed by atoms with Crippen molar-refractivity contribution < 1.29 is 13.2 Å². The van der Waals surface area contributed by atoms with Gasteiger partial charge in [-0.25, -0.2) is 8.42 Å². The molecule has 0 saturated heterocycles. The minimum absolute atomic E-state index is 0.0426. The van der Waals surface area contributed by atoms with Gasteiger partial charge in [0.1, 0.15) is 9.84 Å². The lowest BCUT2D eigenvalue weighted by molar-refractivity contribution is -0.131. The Labute approximate surface area is 113 Å². The second-order valence-corrected chi connectivity index (χ2v) is 7.19. The molecule has 2 N–H and O–H groups in total. The van der Waals surface area contributed by atoms with Gasteiger partial charge in [-0.3, -0.25) is 4.79 Å². The number of anilines is 1. The van der Waals surface area contributed by atoms with Crippen molar-refractivity contribution in [1.29, 1.82) is 0 Å². The first kappa shape index (κ1) is 13.9. The van der Waals surface area contributed by atoms with Gasteiger partial charge in [-0.2, -0.15) is 0 Å². The van der Waals surface area contributed by atoms with Crippen LogP contribution in [-0.4, -0.2) is 37.8 Å². The molecule has 0 spiro atoms. The van der Waals surface area contributed by atoms with Crippen molar-refractivity contribution in [2.75, 3.05) is 24.3 Å². The summed E-state index contributed by atoms with van der Waals surface area (Å²) < 4.78 is 22.2. The van der Waals surface area contributed by atoms with Crippen LogP contribution in [0.5, 0.6) is 0 Å². The summed E-state index contributed by atoms with van der Waals surface area (Å²) in [6.07, 6.45) is 1.95. The lowest BCUT2D eigenvalue weighted by Crippen LogP contribution is -2.37. The molecule has 0 radical (unpaired) electrons. The number of nitrogens with two attached hydrogens (primary N) is 1. The summed E-state index contributed by atoms with van der Waals surface area (Å²) in [5.74, 6) is -0.223. The zero-order valence-corrected chi connectivity index (χ0v) is 11.7. The van der Waals surface area contributed by atoms with E-state index in [2.05, 4.69) is 0 Å². The van der Waals surface area contributed by atoms with E-state index < -0.39 is 9.84 Å². The fourth-order valence-electron chi connectivity index (χ4n) is 2.25. The first-order valence-electron chi connectivity index (χ1n) is 6.18. The van der Waals surface area contributed by atoms with Crippen LogP contribution in [0.3, 0.4) is 0 Å². The van der Waals surface area contributed by atoms with Crippen LogP contribution < -0.4 is 5.73 Å². The third kappa shape index (κ3) is 3.47. The minimum atomic E-state index is -3.10. The molecule has 0 aromatic heterocycles. The smallest absolute Gasteiger partial charge is 0.223 e. The van der Waals surface area contributed by atoms with Crippen LogP contribution in [0.25, 0.3) is 0 Å². The van der Waals surface area contributed by atoms with Gasteiger partial charge >= 0.3 is 0 Å². The maximum Gasteiger partial charge on any atom is 0.223 e. The van der Waals surface area contributed by atoms with Crippen molar-refractivity contribution in [2.24, 2.45) is 0 Å². The van der Waals surface area contributed by atoms with Gasteiger partial charge in [-0.05, 0) is 23.6 Å². The highest BCUT2D eigenvalue weighted by Crippen LogP contribution is 2.24. The van der Waals surface area contributed by atoms with Gasteiger partial charge < -0.3 is 10.6 Å². The Morgan fingerprint density at radius 1 is 1.42 bits per heavy atom. The topological polar surface area (TPSA) is 80.5 Å². The molecule has 5 nitrogen and oxygen atoms in total. The number of hydrogen-bond acceptors (Lipinski definition) is 4.